The predicted octanol–water partition coefficient (Wildman–Crippen LogP) is 7.50. The van der Waals surface area contributed by atoms with Crippen molar-refractivity contribution in [3.63, 3.8) is 0 Å². The van der Waals surface area contributed by atoms with E-state index in [0.29, 0.717) is 23.1 Å². The molecule has 8 heteroatoms. The molecule has 37 heavy (non-hydrogen) atoms. The molecule has 3 aromatic carbocycles. The number of furan rings is 1. The number of ether oxygens (including phenoxy) is 1. The molecule has 2 N–H and O–H groups in total. The Bertz CT molecular complexity index is 1520. The Labute approximate surface area is 219 Å². The standard InChI is InChI=1S/C29H26ClFN4O2/c1-2-12-32-16-23-8-11-27(37-23)20-6-9-26-24(14-20)29(34-18-33-26)35-22-7-10-28(25(30)15-22)36-17-19-4-3-5-21(31)13-19/h3-11,13-15,18,32H,2,12,16-17H2,1H3,(H,33,34,35). The molecule has 2 heterocycles. The van der Waals surface area contributed by atoms with E-state index < -0.39 is 0 Å². The predicted molar refractivity (Wildman–Crippen MR) is 145 cm³/mol. The average Bonchev–Trinajstić information content (AvgIpc) is 3.37. The number of nitrogens with zero attached hydrogens (tertiary/aromatic N) is 2. The molecule has 0 radical (unpaired) electrons. The Hall–Kier alpha value is -3.94. The topological polar surface area (TPSA) is 72.2 Å². The fourth-order valence-corrected chi connectivity index (χ4v) is 4.18. The normalized spacial score (nSPS) is 11.1. The molecule has 0 bridgehead atoms. The van der Waals surface area contributed by atoms with Crippen LogP contribution >= 0.6 is 11.6 Å². The Morgan fingerprint density at radius 2 is 1.92 bits per heavy atom. The van der Waals surface area contributed by atoms with Crippen molar-refractivity contribution >= 4 is 34.0 Å². The lowest BCUT2D eigenvalue weighted by molar-refractivity contribution is 0.306. The Kier molecular flexibility index (Phi) is 7.63. The van der Waals surface area contributed by atoms with E-state index in [1.54, 1.807) is 24.3 Å². The third-order valence-corrected chi connectivity index (χ3v) is 6.08. The molecule has 0 saturated carbocycles. The largest absolute Gasteiger partial charge is 0.487 e. The van der Waals surface area contributed by atoms with Crippen LogP contribution in [0.3, 0.4) is 0 Å². The summed E-state index contributed by atoms with van der Waals surface area (Å²) >= 11 is 6.48. The van der Waals surface area contributed by atoms with Crippen LogP contribution in [-0.2, 0) is 13.2 Å². The van der Waals surface area contributed by atoms with Gasteiger partial charge >= 0.3 is 0 Å². The van der Waals surface area contributed by atoms with Gasteiger partial charge in [0, 0.05) is 16.6 Å². The van der Waals surface area contributed by atoms with Crippen molar-refractivity contribution in [1.29, 1.82) is 0 Å². The highest BCUT2D eigenvalue weighted by molar-refractivity contribution is 6.32. The molecule has 2 aromatic heterocycles. The number of fused-ring (bicyclic) bond motifs is 1. The summed E-state index contributed by atoms with van der Waals surface area (Å²) in [5.41, 5.74) is 3.21. The van der Waals surface area contributed by atoms with Crippen LogP contribution in [0.1, 0.15) is 24.7 Å². The minimum absolute atomic E-state index is 0.215. The average molecular weight is 517 g/mol. The summed E-state index contributed by atoms with van der Waals surface area (Å²) in [5.74, 6) is 2.53. The van der Waals surface area contributed by atoms with Crippen LogP contribution in [0.25, 0.3) is 22.2 Å². The van der Waals surface area contributed by atoms with E-state index in [9.17, 15) is 4.39 Å². The van der Waals surface area contributed by atoms with Gasteiger partial charge in [0.1, 0.15) is 41.8 Å². The SMILES string of the molecule is CCCNCc1ccc(-c2ccc3ncnc(Nc4ccc(OCc5cccc(F)c5)c(Cl)c4)c3c2)o1. The third kappa shape index (κ3) is 6.07. The van der Waals surface area contributed by atoms with Crippen LogP contribution < -0.4 is 15.4 Å². The van der Waals surface area contributed by atoms with E-state index in [1.165, 1.54) is 18.5 Å². The van der Waals surface area contributed by atoms with E-state index in [1.807, 2.05) is 36.4 Å². The summed E-state index contributed by atoms with van der Waals surface area (Å²) in [6, 6.07) is 21.6. The summed E-state index contributed by atoms with van der Waals surface area (Å²) in [6.45, 7) is 3.99. The lowest BCUT2D eigenvalue weighted by Gasteiger charge is -2.12. The van der Waals surface area contributed by atoms with Crippen LogP contribution in [0, 0.1) is 5.82 Å². The molecule has 0 atom stereocenters. The molecule has 0 saturated heterocycles. The fourth-order valence-electron chi connectivity index (χ4n) is 3.95. The van der Waals surface area contributed by atoms with Gasteiger partial charge < -0.3 is 19.8 Å². The molecule has 5 aromatic rings. The summed E-state index contributed by atoms with van der Waals surface area (Å²) in [5, 5.41) is 7.97. The van der Waals surface area contributed by atoms with E-state index in [-0.39, 0.29) is 12.4 Å². The van der Waals surface area contributed by atoms with Crippen molar-refractivity contribution in [2.24, 2.45) is 0 Å². The molecule has 0 aliphatic heterocycles. The van der Waals surface area contributed by atoms with Crippen LogP contribution in [0.2, 0.25) is 5.02 Å². The molecule has 0 amide bonds. The fraction of sp³-hybridized carbons (Fsp3) is 0.172. The number of halogens is 2. The maximum absolute atomic E-state index is 13.4. The first-order valence-electron chi connectivity index (χ1n) is 12.1. The van der Waals surface area contributed by atoms with Gasteiger partial charge in [-0.15, -0.1) is 0 Å². The number of benzene rings is 3. The van der Waals surface area contributed by atoms with Crippen molar-refractivity contribution in [3.8, 4) is 17.1 Å². The van der Waals surface area contributed by atoms with Crippen molar-refractivity contribution in [2.45, 2.75) is 26.5 Å². The van der Waals surface area contributed by atoms with Gasteiger partial charge in [0.05, 0.1) is 17.1 Å². The number of nitrogens with one attached hydrogen (secondary N) is 2. The molecule has 6 nitrogen and oxygen atoms in total. The summed E-state index contributed by atoms with van der Waals surface area (Å²) in [4.78, 5) is 8.86. The number of rotatable bonds is 10. The number of aromatic nitrogens is 2. The smallest absolute Gasteiger partial charge is 0.141 e. The number of hydrogen-bond donors (Lipinski definition) is 2. The second-order valence-electron chi connectivity index (χ2n) is 8.59. The Balaban J connectivity index is 1.33. The van der Waals surface area contributed by atoms with Crippen molar-refractivity contribution in [2.75, 3.05) is 11.9 Å². The number of anilines is 2. The quantitative estimate of drug-likeness (QED) is 0.187. The first-order chi connectivity index (χ1) is 18.1. The highest BCUT2D eigenvalue weighted by Crippen LogP contribution is 2.32. The molecule has 0 fully saturated rings. The summed E-state index contributed by atoms with van der Waals surface area (Å²) in [7, 11) is 0. The van der Waals surface area contributed by atoms with Gasteiger partial charge in [-0.25, -0.2) is 14.4 Å². The van der Waals surface area contributed by atoms with Gasteiger partial charge in [0.25, 0.3) is 0 Å². The zero-order valence-corrected chi connectivity index (χ0v) is 21.1. The molecular formula is C29H26ClFN4O2. The maximum Gasteiger partial charge on any atom is 0.141 e. The van der Waals surface area contributed by atoms with E-state index in [4.69, 9.17) is 20.8 Å². The zero-order valence-electron chi connectivity index (χ0n) is 20.3. The molecule has 0 aliphatic carbocycles. The monoisotopic (exact) mass is 516 g/mol. The second kappa shape index (κ2) is 11.4. The van der Waals surface area contributed by atoms with Crippen LogP contribution in [0.15, 0.2) is 83.5 Å². The first-order valence-corrected chi connectivity index (χ1v) is 12.5. The minimum Gasteiger partial charge on any atom is -0.487 e. The first kappa shape index (κ1) is 24.7. The lowest BCUT2D eigenvalue weighted by atomic mass is 10.1. The van der Waals surface area contributed by atoms with Gasteiger partial charge in [0.15, 0.2) is 0 Å². The van der Waals surface area contributed by atoms with Crippen molar-refractivity contribution in [3.05, 3.63) is 101 Å². The lowest BCUT2D eigenvalue weighted by Crippen LogP contribution is -2.12. The summed E-state index contributed by atoms with van der Waals surface area (Å²) in [6.07, 6.45) is 2.59. The Morgan fingerprint density at radius 1 is 1.00 bits per heavy atom. The zero-order chi connectivity index (χ0) is 25.6. The van der Waals surface area contributed by atoms with E-state index >= 15 is 0 Å². The van der Waals surface area contributed by atoms with Gasteiger partial charge in [-0.3, -0.25) is 0 Å². The number of hydrogen-bond acceptors (Lipinski definition) is 6. The van der Waals surface area contributed by atoms with Crippen molar-refractivity contribution < 1.29 is 13.5 Å². The van der Waals surface area contributed by atoms with E-state index in [2.05, 4.69) is 27.5 Å². The molecule has 5 rings (SSSR count). The highest BCUT2D eigenvalue weighted by Gasteiger charge is 2.11. The van der Waals surface area contributed by atoms with Crippen LogP contribution in [-0.4, -0.2) is 16.5 Å². The molecule has 188 valence electrons. The van der Waals surface area contributed by atoms with Gasteiger partial charge in [-0.05, 0) is 79.2 Å². The second-order valence-corrected chi connectivity index (χ2v) is 8.99. The van der Waals surface area contributed by atoms with Crippen LogP contribution in [0.4, 0.5) is 15.9 Å². The van der Waals surface area contributed by atoms with Crippen LogP contribution in [0.5, 0.6) is 5.75 Å². The Morgan fingerprint density at radius 3 is 2.76 bits per heavy atom. The molecule has 0 unspecified atom stereocenters. The highest BCUT2D eigenvalue weighted by atomic mass is 35.5. The van der Waals surface area contributed by atoms with Gasteiger partial charge in [-0.2, -0.15) is 0 Å². The van der Waals surface area contributed by atoms with Gasteiger partial charge in [0.2, 0.25) is 0 Å². The summed E-state index contributed by atoms with van der Waals surface area (Å²) < 4.78 is 25.2. The molecular weight excluding hydrogens is 491 g/mol. The van der Waals surface area contributed by atoms with Gasteiger partial charge in [-0.1, -0.05) is 30.7 Å². The third-order valence-electron chi connectivity index (χ3n) is 5.79. The van der Waals surface area contributed by atoms with Crippen molar-refractivity contribution in [1.82, 2.24) is 15.3 Å². The maximum atomic E-state index is 13.4. The molecule has 0 spiro atoms. The minimum atomic E-state index is -0.302. The van der Waals surface area contributed by atoms with E-state index in [0.717, 1.165) is 52.2 Å². The molecule has 0 aliphatic rings.